The number of nitrogens with zero attached hydrogens (tertiary/aromatic N) is 1. The molecule has 0 unspecified atom stereocenters. The summed E-state index contributed by atoms with van der Waals surface area (Å²) in [6, 6.07) is 12.0. The molecule has 2 aromatic rings. The smallest absolute Gasteiger partial charge is 0.387 e. The summed E-state index contributed by atoms with van der Waals surface area (Å²) in [7, 11) is 0. The highest BCUT2D eigenvalue weighted by atomic mass is 19.3. The maximum Gasteiger partial charge on any atom is 0.387 e. The lowest BCUT2D eigenvalue weighted by molar-refractivity contribution is -0.0499. The van der Waals surface area contributed by atoms with E-state index in [9.17, 15) is 18.0 Å². The molecule has 6 heteroatoms. The van der Waals surface area contributed by atoms with Crippen LogP contribution < -0.4 is 4.74 Å². The van der Waals surface area contributed by atoms with Gasteiger partial charge in [0.2, 0.25) is 0 Å². The van der Waals surface area contributed by atoms with E-state index in [1.54, 1.807) is 23.1 Å². The molecule has 1 amide bonds. The molecule has 3 rings (SSSR count). The van der Waals surface area contributed by atoms with Gasteiger partial charge < -0.3 is 9.64 Å². The summed E-state index contributed by atoms with van der Waals surface area (Å²) < 4.78 is 42.8. The largest absolute Gasteiger partial charge is 0.435 e. The second kappa shape index (κ2) is 6.95. The van der Waals surface area contributed by atoms with Crippen LogP contribution in [0.15, 0.2) is 48.5 Å². The number of benzene rings is 2. The van der Waals surface area contributed by atoms with Gasteiger partial charge in [0.1, 0.15) is 11.6 Å². The molecule has 1 aliphatic rings. The first-order chi connectivity index (χ1) is 11.5. The highest BCUT2D eigenvalue weighted by Crippen LogP contribution is 2.31. The minimum Gasteiger partial charge on any atom is -0.435 e. The van der Waals surface area contributed by atoms with E-state index in [-0.39, 0.29) is 35.6 Å². The number of amides is 1. The molecule has 0 aliphatic heterocycles. The molecule has 24 heavy (non-hydrogen) atoms. The van der Waals surface area contributed by atoms with Gasteiger partial charge >= 0.3 is 6.61 Å². The van der Waals surface area contributed by atoms with E-state index in [2.05, 4.69) is 4.74 Å². The predicted octanol–water partition coefficient (Wildman–Crippen LogP) is 4.23. The molecule has 1 fully saturated rings. The van der Waals surface area contributed by atoms with Crippen molar-refractivity contribution in [1.29, 1.82) is 0 Å². The summed E-state index contributed by atoms with van der Waals surface area (Å²) in [5, 5.41) is 0. The summed E-state index contributed by atoms with van der Waals surface area (Å²) in [5.74, 6) is -0.760. The topological polar surface area (TPSA) is 29.5 Å². The molecule has 1 saturated carbocycles. The van der Waals surface area contributed by atoms with Gasteiger partial charge in [0.15, 0.2) is 0 Å². The number of carbonyl (C=O) groups excluding carboxylic acids is 1. The number of ether oxygens (including phenoxy) is 1. The van der Waals surface area contributed by atoms with Gasteiger partial charge in [0.05, 0.1) is 0 Å². The average molecular weight is 335 g/mol. The lowest BCUT2D eigenvalue weighted by Gasteiger charge is -2.23. The first-order valence-electron chi connectivity index (χ1n) is 7.64. The Morgan fingerprint density at radius 2 is 1.92 bits per heavy atom. The molecule has 126 valence electrons. The number of carbonyl (C=O) groups is 1. The second-order valence-corrected chi connectivity index (χ2v) is 5.66. The standard InChI is InChI=1S/C18H16F3NO2/c19-16-7-2-1-4-13(16)11-22(14-8-9-14)17(23)12-5-3-6-15(10-12)24-18(20)21/h1-7,10,14,18H,8-9,11H2. The van der Waals surface area contributed by atoms with E-state index < -0.39 is 6.61 Å². The van der Waals surface area contributed by atoms with Crippen molar-refractivity contribution in [3.8, 4) is 5.75 Å². The summed E-state index contributed by atoms with van der Waals surface area (Å²) in [4.78, 5) is 14.3. The van der Waals surface area contributed by atoms with Crippen molar-refractivity contribution in [2.24, 2.45) is 0 Å². The van der Waals surface area contributed by atoms with Crippen molar-refractivity contribution < 1.29 is 22.7 Å². The zero-order chi connectivity index (χ0) is 17.1. The van der Waals surface area contributed by atoms with Crippen molar-refractivity contribution in [3.63, 3.8) is 0 Å². The van der Waals surface area contributed by atoms with Crippen LogP contribution in [0.2, 0.25) is 0 Å². The normalized spacial score (nSPS) is 13.8. The van der Waals surface area contributed by atoms with Gasteiger partial charge in [-0.2, -0.15) is 8.78 Å². The van der Waals surface area contributed by atoms with Crippen LogP contribution in [-0.4, -0.2) is 23.5 Å². The molecule has 0 heterocycles. The molecule has 0 radical (unpaired) electrons. The molecule has 0 spiro atoms. The molecule has 0 aromatic heterocycles. The van der Waals surface area contributed by atoms with Crippen LogP contribution in [-0.2, 0) is 6.54 Å². The molecule has 0 N–H and O–H groups in total. The quantitative estimate of drug-likeness (QED) is 0.790. The van der Waals surface area contributed by atoms with Crippen LogP contribution in [0.1, 0.15) is 28.8 Å². The molecule has 1 aliphatic carbocycles. The van der Waals surface area contributed by atoms with Crippen LogP contribution in [0.25, 0.3) is 0 Å². The summed E-state index contributed by atoms with van der Waals surface area (Å²) >= 11 is 0. The molecule has 0 bridgehead atoms. The Kier molecular flexibility index (Phi) is 4.74. The van der Waals surface area contributed by atoms with Crippen LogP contribution in [0.3, 0.4) is 0 Å². The number of hydrogen-bond acceptors (Lipinski definition) is 2. The first kappa shape index (κ1) is 16.4. The lowest BCUT2D eigenvalue weighted by atomic mass is 10.1. The highest BCUT2D eigenvalue weighted by molar-refractivity contribution is 5.95. The Labute approximate surface area is 137 Å². The fourth-order valence-corrected chi connectivity index (χ4v) is 2.53. The Hall–Kier alpha value is -2.50. The molecular formula is C18H16F3NO2. The van der Waals surface area contributed by atoms with Gasteiger partial charge in [-0.1, -0.05) is 24.3 Å². The molecule has 0 atom stereocenters. The van der Waals surface area contributed by atoms with E-state index in [1.807, 2.05) is 0 Å². The Morgan fingerprint density at radius 3 is 2.58 bits per heavy atom. The average Bonchev–Trinajstić information content (AvgIpc) is 3.38. The molecular weight excluding hydrogens is 319 g/mol. The molecule has 0 saturated heterocycles. The van der Waals surface area contributed by atoms with Crippen molar-refractivity contribution in [2.45, 2.75) is 32.0 Å². The van der Waals surface area contributed by atoms with E-state index in [0.29, 0.717) is 5.56 Å². The Bertz CT molecular complexity index is 732. The van der Waals surface area contributed by atoms with Crippen LogP contribution >= 0.6 is 0 Å². The Balaban J connectivity index is 1.81. The third-order valence-electron chi connectivity index (χ3n) is 3.85. The number of rotatable bonds is 6. The summed E-state index contributed by atoms with van der Waals surface area (Å²) in [6.45, 7) is -2.80. The van der Waals surface area contributed by atoms with E-state index in [1.165, 1.54) is 30.3 Å². The number of hydrogen-bond donors (Lipinski definition) is 0. The zero-order valence-corrected chi connectivity index (χ0v) is 12.8. The van der Waals surface area contributed by atoms with Gasteiger partial charge in [-0.15, -0.1) is 0 Å². The van der Waals surface area contributed by atoms with Gasteiger partial charge in [-0.05, 0) is 37.1 Å². The number of halogens is 3. The van der Waals surface area contributed by atoms with Crippen LogP contribution in [0.4, 0.5) is 13.2 Å². The van der Waals surface area contributed by atoms with Gasteiger partial charge in [0.25, 0.3) is 5.91 Å². The fourth-order valence-electron chi connectivity index (χ4n) is 2.53. The third-order valence-corrected chi connectivity index (χ3v) is 3.85. The van der Waals surface area contributed by atoms with Crippen molar-refractivity contribution in [1.82, 2.24) is 4.90 Å². The SMILES string of the molecule is O=C(c1cccc(OC(F)F)c1)N(Cc1ccccc1F)C1CC1. The van der Waals surface area contributed by atoms with E-state index >= 15 is 0 Å². The van der Waals surface area contributed by atoms with E-state index in [0.717, 1.165) is 12.8 Å². The van der Waals surface area contributed by atoms with Crippen molar-refractivity contribution in [3.05, 3.63) is 65.5 Å². The van der Waals surface area contributed by atoms with Gasteiger partial charge in [-0.25, -0.2) is 4.39 Å². The van der Waals surface area contributed by atoms with Gasteiger partial charge in [-0.3, -0.25) is 4.79 Å². The third kappa shape index (κ3) is 3.88. The van der Waals surface area contributed by atoms with Crippen LogP contribution in [0, 0.1) is 5.82 Å². The van der Waals surface area contributed by atoms with Gasteiger partial charge in [0, 0.05) is 23.7 Å². The second-order valence-electron chi connectivity index (χ2n) is 5.66. The van der Waals surface area contributed by atoms with Crippen molar-refractivity contribution in [2.75, 3.05) is 0 Å². The maximum atomic E-state index is 13.9. The minimum absolute atomic E-state index is 0.0526. The molecule has 2 aromatic carbocycles. The predicted molar refractivity (Wildman–Crippen MR) is 82.4 cm³/mol. The lowest BCUT2D eigenvalue weighted by Crippen LogP contribution is -2.33. The summed E-state index contributed by atoms with van der Waals surface area (Å²) in [6.07, 6.45) is 1.71. The molecule has 3 nitrogen and oxygen atoms in total. The van der Waals surface area contributed by atoms with Crippen LogP contribution in [0.5, 0.6) is 5.75 Å². The Morgan fingerprint density at radius 1 is 1.17 bits per heavy atom. The highest BCUT2D eigenvalue weighted by Gasteiger charge is 2.33. The first-order valence-corrected chi connectivity index (χ1v) is 7.64. The fraction of sp³-hybridized carbons (Fsp3) is 0.278. The van der Waals surface area contributed by atoms with E-state index in [4.69, 9.17) is 0 Å². The number of alkyl halides is 2. The maximum absolute atomic E-state index is 13.9. The van der Waals surface area contributed by atoms with Crippen molar-refractivity contribution >= 4 is 5.91 Å². The zero-order valence-electron chi connectivity index (χ0n) is 12.8. The minimum atomic E-state index is -2.95. The summed E-state index contributed by atoms with van der Waals surface area (Å²) in [5.41, 5.74) is 0.675. The monoisotopic (exact) mass is 335 g/mol.